The number of nitrogens with two attached hydrogens (primary N) is 1. The summed E-state index contributed by atoms with van der Waals surface area (Å²) in [6, 6.07) is 1.06. The van der Waals surface area contributed by atoms with E-state index in [0.29, 0.717) is 12.0 Å². The minimum Gasteiger partial charge on any atom is -0.505 e. The van der Waals surface area contributed by atoms with Crippen molar-refractivity contribution in [3.63, 3.8) is 0 Å². The molecule has 11 heteroatoms. The quantitative estimate of drug-likeness (QED) is 0.188. The third-order valence-corrected chi connectivity index (χ3v) is 6.80. The van der Waals surface area contributed by atoms with Crippen molar-refractivity contribution in [2.75, 3.05) is 19.5 Å². The van der Waals surface area contributed by atoms with Crippen LogP contribution in [0.15, 0.2) is 41.5 Å². The van der Waals surface area contributed by atoms with E-state index in [2.05, 4.69) is 5.32 Å². The van der Waals surface area contributed by atoms with Crippen LogP contribution in [0.4, 0.5) is 10.5 Å². The van der Waals surface area contributed by atoms with Crippen molar-refractivity contribution in [2.45, 2.75) is 65.0 Å². The molecule has 1 aromatic rings. The number of hydrogen-bond donors (Lipinski definition) is 6. The van der Waals surface area contributed by atoms with Gasteiger partial charge in [-0.2, -0.15) is 0 Å². The zero-order valence-corrected chi connectivity index (χ0v) is 23.2. The van der Waals surface area contributed by atoms with Crippen LogP contribution in [0.1, 0.15) is 39.7 Å². The number of aromatic hydroxyl groups is 3. The van der Waals surface area contributed by atoms with Crippen molar-refractivity contribution >= 4 is 17.7 Å². The highest BCUT2D eigenvalue weighted by Crippen LogP contribution is 2.43. The first-order chi connectivity index (χ1) is 18.3. The predicted octanol–water partition coefficient (Wildman–Crippen LogP) is 3.26. The summed E-state index contributed by atoms with van der Waals surface area (Å²) in [7, 11) is 2.90. The number of aliphatic hydroxyl groups excluding tert-OH is 1. The molecule has 1 aromatic carbocycles. The average Bonchev–Trinajstić information content (AvgIpc) is 2.88. The maximum atomic E-state index is 12.8. The van der Waals surface area contributed by atoms with Crippen LogP contribution in [0.25, 0.3) is 0 Å². The van der Waals surface area contributed by atoms with E-state index in [1.54, 1.807) is 39.0 Å². The Hall–Kier alpha value is -3.54. The molecule has 0 saturated carbocycles. The summed E-state index contributed by atoms with van der Waals surface area (Å²) >= 11 is 0. The van der Waals surface area contributed by atoms with E-state index < -0.39 is 53.8 Å². The van der Waals surface area contributed by atoms with Gasteiger partial charge in [-0.3, -0.25) is 4.79 Å². The first-order valence-electron chi connectivity index (χ1n) is 12.6. The van der Waals surface area contributed by atoms with E-state index in [1.807, 2.05) is 6.92 Å². The van der Waals surface area contributed by atoms with Crippen LogP contribution in [0, 0.1) is 11.8 Å². The van der Waals surface area contributed by atoms with Crippen LogP contribution in [0.2, 0.25) is 0 Å². The fourth-order valence-corrected chi connectivity index (χ4v) is 4.59. The zero-order valence-electron chi connectivity index (χ0n) is 23.2. The number of benzene rings is 1. The fraction of sp³-hybridized carbons (Fsp3) is 0.500. The Labute approximate surface area is 228 Å². The Morgan fingerprint density at radius 3 is 2.36 bits per heavy atom. The molecule has 2 amide bonds. The first kappa shape index (κ1) is 31.7. The molecular formula is C28H40N2O9. The number of hydrogen-bond acceptors (Lipinski definition) is 9. The number of allylic oxidation sites excluding steroid dienone is 2. The van der Waals surface area contributed by atoms with Crippen molar-refractivity contribution < 1.29 is 44.2 Å². The van der Waals surface area contributed by atoms with Crippen molar-refractivity contribution in [1.82, 2.24) is 0 Å². The smallest absolute Gasteiger partial charge is 0.405 e. The summed E-state index contributed by atoms with van der Waals surface area (Å²) in [5.41, 5.74) is 6.12. The molecule has 2 rings (SSSR count). The molecule has 1 aliphatic heterocycles. The molecule has 0 spiro atoms. The van der Waals surface area contributed by atoms with Crippen LogP contribution in [-0.4, -0.2) is 71.1 Å². The lowest BCUT2D eigenvalue weighted by molar-refractivity contribution is -0.112. The van der Waals surface area contributed by atoms with E-state index in [9.17, 15) is 30.0 Å². The van der Waals surface area contributed by atoms with Crippen LogP contribution < -0.4 is 11.1 Å². The summed E-state index contributed by atoms with van der Waals surface area (Å²) in [5.74, 6) is -2.62. The number of amides is 2. The topological polar surface area (TPSA) is 181 Å². The van der Waals surface area contributed by atoms with Crippen LogP contribution in [0.5, 0.6) is 17.2 Å². The second-order valence-electron chi connectivity index (χ2n) is 9.95. The largest absolute Gasteiger partial charge is 0.505 e. The van der Waals surface area contributed by atoms with Gasteiger partial charge in [0.05, 0.1) is 17.9 Å². The number of carbonyl (C=O) groups is 2. The van der Waals surface area contributed by atoms with Gasteiger partial charge in [-0.05, 0) is 38.2 Å². The Morgan fingerprint density at radius 2 is 1.77 bits per heavy atom. The number of fused-ring (bicyclic) bond motifs is 2. The maximum Gasteiger partial charge on any atom is 0.405 e. The molecular weight excluding hydrogens is 508 g/mol. The average molecular weight is 549 g/mol. The van der Waals surface area contributed by atoms with Gasteiger partial charge in [0.1, 0.15) is 11.9 Å². The Kier molecular flexibility index (Phi) is 11.4. The molecule has 6 atom stereocenters. The maximum absolute atomic E-state index is 12.8. The number of anilines is 1. The standard InChI is InChI=1S/C28H40N2O9/c1-14-10-18-24(33)19(13-20(31)25(18)34)30-27(35)15(2)8-7-9-21(37-5)26(39-28(29)36)17(4)12-16(3)23(32)22(11-14)38-6/h7-9,12-14,16,21-23,26,31-34H,10-11H2,1-6H3,(H2,29,36)(H,30,35)/b9-7-,15-8-,17-12-/t14-,16+,21+,22+,23-,26+/m1/s1. The lowest BCUT2D eigenvalue weighted by Gasteiger charge is -2.29. The van der Waals surface area contributed by atoms with E-state index in [0.717, 1.165) is 6.07 Å². The molecule has 0 fully saturated rings. The normalized spacial score (nSPS) is 30.8. The lowest BCUT2D eigenvalue weighted by Crippen LogP contribution is -2.37. The van der Waals surface area contributed by atoms with Gasteiger partial charge in [0.15, 0.2) is 17.6 Å². The molecule has 1 heterocycles. The van der Waals surface area contributed by atoms with Crippen LogP contribution in [-0.2, 0) is 25.4 Å². The molecule has 2 bridgehead atoms. The molecule has 0 saturated heterocycles. The molecule has 11 nitrogen and oxygen atoms in total. The van der Waals surface area contributed by atoms with Gasteiger partial charge in [0.2, 0.25) is 0 Å². The highest BCUT2D eigenvalue weighted by atomic mass is 16.6. The Bertz CT molecular complexity index is 1130. The van der Waals surface area contributed by atoms with Crippen molar-refractivity contribution in [3.8, 4) is 17.2 Å². The number of primary amides is 1. The van der Waals surface area contributed by atoms with Gasteiger partial charge >= 0.3 is 6.09 Å². The van der Waals surface area contributed by atoms with Crippen LogP contribution in [0.3, 0.4) is 0 Å². The highest BCUT2D eigenvalue weighted by molar-refractivity contribution is 6.04. The lowest BCUT2D eigenvalue weighted by atomic mass is 9.88. The fourth-order valence-electron chi connectivity index (χ4n) is 4.59. The van der Waals surface area contributed by atoms with Gasteiger partial charge in [-0.1, -0.05) is 38.2 Å². The van der Waals surface area contributed by atoms with E-state index in [4.69, 9.17) is 19.9 Å². The number of phenols is 3. The Balaban J connectivity index is 2.62. The number of phenolic OH excluding ortho intramolecular Hbond substituents is 3. The Morgan fingerprint density at radius 1 is 1.10 bits per heavy atom. The molecule has 39 heavy (non-hydrogen) atoms. The van der Waals surface area contributed by atoms with Crippen molar-refractivity contribution in [2.24, 2.45) is 17.6 Å². The first-order valence-corrected chi connectivity index (χ1v) is 12.6. The number of nitrogens with one attached hydrogen (secondary N) is 1. The minimum absolute atomic E-state index is 0.0553. The molecule has 1 aliphatic rings. The third-order valence-electron chi connectivity index (χ3n) is 6.80. The molecule has 0 aliphatic carbocycles. The minimum atomic E-state index is -1.00. The SMILES string of the molecule is CO[C@H]1/C=C\C=C(\C)C(=O)Nc2cc(O)c(O)c(c2O)C[C@@H](C)C[C@H](OC)[C@H](O)[C@@H](C)/C=C(/C)[C@@H]1OC(N)=O. The summed E-state index contributed by atoms with van der Waals surface area (Å²) in [6.07, 6.45) is 2.53. The van der Waals surface area contributed by atoms with E-state index in [-0.39, 0.29) is 34.9 Å². The summed E-state index contributed by atoms with van der Waals surface area (Å²) in [5, 5.41) is 45.2. The number of ether oxygens (including phenoxy) is 3. The van der Waals surface area contributed by atoms with Crippen molar-refractivity contribution in [3.05, 3.63) is 47.1 Å². The number of carbonyl (C=O) groups excluding carboxylic acids is 2. The highest BCUT2D eigenvalue weighted by Gasteiger charge is 2.30. The number of rotatable bonds is 3. The molecule has 7 N–H and O–H groups in total. The summed E-state index contributed by atoms with van der Waals surface area (Å²) in [6.45, 7) is 6.89. The van der Waals surface area contributed by atoms with Gasteiger partial charge in [0, 0.05) is 37.3 Å². The van der Waals surface area contributed by atoms with Gasteiger partial charge in [-0.15, -0.1) is 0 Å². The zero-order chi connectivity index (χ0) is 29.4. The van der Waals surface area contributed by atoms with Gasteiger partial charge < -0.3 is 45.7 Å². The van der Waals surface area contributed by atoms with Crippen molar-refractivity contribution in [1.29, 1.82) is 0 Å². The molecule has 0 radical (unpaired) electrons. The molecule has 0 unspecified atom stereocenters. The second kappa shape index (κ2) is 14.0. The monoisotopic (exact) mass is 548 g/mol. The predicted molar refractivity (Wildman–Crippen MR) is 145 cm³/mol. The molecule has 216 valence electrons. The number of aliphatic hydroxyl groups is 1. The number of methoxy groups -OCH3 is 2. The van der Waals surface area contributed by atoms with Gasteiger partial charge in [0.25, 0.3) is 5.91 Å². The van der Waals surface area contributed by atoms with Gasteiger partial charge in [-0.25, -0.2) is 4.79 Å². The van der Waals surface area contributed by atoms with E-state index >= 15 is 0 Å². The van der Waals surface area contributed by atoms with Crippen LogP contribution >= 0.6 is 0 Å². The summed E-state index contributed by atoms with van der Waals surface area (Å²) < 4.78 is 16.4. The summed E-state index contributed by atoms with van der Waals surface area (Å²) in [4.78, 5) is 24.5. The third kappa shape index (κ3) is 8.22. The molecule has 0 aromatic heterocycles. The van der Waals surface area contributed by atoms with E-state index in [1.165, 1.54) is 20.3 Å². The second-order valence-corrected chi connectivity index (χ2v) is 9.95.